The standard InChI is InChI=1S/C27H26ClFN2O6S/c1-18(32)30-23-8-10-25(11-9-23)38(34,35)37-26-12-7-21(28)14-20(26)16-31(17-24-6-3-13-36-24)27(33)19-4-2-5-22(29)15-19/h2,4-5,7-12,14-15,24H,3,6,13,16-17H2,1H3,(H,30,32). The summed E-state index contributed by atoms with van der Waals surface area (Å²) in [5.74, 6) is -1.29. The van der Waals surface area contributed by atoms with Crippen LogP contribution >= 0.6 is 11.6 Å². The van der Waals surface area contributed by atoms with Gasteiger partial charge in [0.1, 0.15) is 16.5 Å². The van der Waals surface area contributed by atoms with Gasteiger partial charge in [-0.15, -0.1) is 0 Å². The van der Waals surface area contributed by atoms with Crippen LogP contribution in [0.5, 0.6) is 5.75 Å². The van der Waals surface area contributed by atoms with E-state index in [4.69, 9.17) is 20.5 Å². The summed E-state index contributed by atoms with van der Waals surface area (Å²) >= 11 is 6.22. The van der Waals surface area contributed by atoms with Crippen molar-refractivity contribution in [2.45, 2.75) is 37.3 Å². The molecule has 3 aromatic carbocycles. The number of anilines is 1. The van der Waals surface area contributed by atoms with E-state index in [0.717, 1.165) is 18.9 Å². The molecule has 0 spiro atoms. The fourth-order valence-corrected chi connectivity index (χ4v) is 5.25. The van der Waals surface area contributed by atoms with E-state index in [1.807, 2.05) is 0 Å². The number of carbonyl (C=O) groups is 2. The Balaban J connectivity index is 1.61. The fourth-order valence-electron chi connectivity index (χ4n) is 4.09. The molecular formula is C27H26ClFN2O6S. The SMILES string of the molecule is CC(=O)Nc1ccc(S(=O)(=O)Oc2ccc(Cl)cc2CN(CC2CCCO2)C(=O)c2cccc(F)c2)cc1. The lowest BCUT2D eigenvalue weighted by atomic mass is 10.1. The van der Waals surface area contributed by atoms with Crippen LogP contribution in [0.1, 0.15) is 35.7 Å². The Morgan fingerprint density at radius 1 is 1.13 bits per heavy atom. The Hall–Kier alpha value is -3.47. The minimum Gasteiger partial charge on any atom is -0.379 e. The Labute approximate surface area is 225 Å². The van der Waals surface area contributed by atoms with Crippen LogP contribution in [-0.4, -0.2) is 44.4 Å². The van der Waals surface area contributed by atoms with Crippen molar-refractivity contribution in [2.24, 2.45) is 0 Å². The predicted molar refractivity (Wildman–Crippen MR) is 140 cm³/mol. The van der Waals surface area contributed by atoms with Crippen LogP contribution in [0.2, 0.25) is 5.02 Å². The molecule has 1 aliphatic heterocycles. The number of nitrogens with zero attached hydrogens (tertiary/aromatic N) is 1. The van der Waals surface area contributed by atoms with Crippen LogP contribution in [0.15, 0.2) is 71.6 Å². The van der Waals surface area contributed by atoms with E-state index in [1.54, 1.807) is 0 Å². The highest BCUT2D eigenvalue weighted by molar-refractivity contribution is 7.87. The summed E-state index contributed by atoms with van der Waals surface area (Å²) in [5.41, 5.74) is 0.933. The van der Waals surface area contributed by atoms with Crippen LogP contribution in [0, 0.1) is 5.82 Å². The number of hydrogen-bond donors (Lipinski definition) is 1. The Bertz CT molecular complexity index is 1430. The molecule has 3 aromatic rings. The molecule has 1 atom stereocenters. The molecule has 1 fully saturated rings. The lowest BCUT2D eigenvalue weighted by Crippen LogP contribution is -2.37. The van der Waals surface area contributed by atoms with Crippen molar-refractivity contribution in [3.63, 3.8) is 0 Å². The molecule has 0 saturated carbocycles. The van der Waals surface area contributed by atoms with Gasteiger partial charge in [-0.2, -0.15) is 8.42 Å². The molecule has 1 unspecified atom stereocenters. The molecule has 11 heteroatoms. The zero-order valence-corrected chi connectivity index (χ0v) is 22.1. The second-order valence-electron chi connectivity index (χ2n) is 8.83. The quantitative estimate of drug-likeness (QED) is 0.368. The third-order valence-electron chi connectivity index (χ3n) is 5.85. The zero-order chi connectivity index (χ0) is 27.3. The second kappa shape index (κ2) is 11.9. The van der Waals surface area contributed by atoms with Gasteiger partial charge in [-0.25, -0.2) is 4.39 Å². The molecule has 4 rings (SSSR count). The predicted octanol–water partition coefficient (Wildman–Crippen LogP) is 5.03. The molecule has 0 aromatic heterocycles. The number of amides is 2. The largest absolute Gasteiger partial charge is 0.379 e. The lowest BCUT2D eigenvalue weighted by Gasteiger charge is -2.26. The van der Waals surface area contributed by atoms with Gasteiger partial charge in [-0.1, -0.05) is 17.7 Å². The topological polar surface area (TPSA) is 102 Å². The van der Waals surface area contributed by atoms with Gasteiger partial charge < -0.3 is 19.1 Å². The Kier molecular flexibility index (Phi) is 8.65. The second-order valence-corrected chi connectivity index (χ2v) is 10.8. The van der Waals surface area contributed by atoms with E-state index in [-0.39, 0.29) is 41.3 Å². The Morgan fingerprint density at radius 3 is 2.55 bits per heavy atom. The van der Waals surface area contributed by atoms with Crippen molar-refractivity contribution in [1.82, 2.24) is 4.90 Å². The minimum absolute atomic E-state index is 0.00952. The first-order valence-electron chi connectivity index (χ1n) is 11.9. The normalized spacial score (nSPS) is 15.2. The smallest absolute Gasteiger partial charge is 0.339 e. The van der Waals surface area contributed by atoms with Crippen LogP contribution in [0.3, 0.4) is 0 Å². The van der Waals surface area contributed by atoms with E-state index in [0.29, 0.717) is 22.9 Å². The van der Waals surface area contributed by atoms with E-state index < -0.39 is 21.8 Å². The molecule has 0 radical (unpaired) electrons. The van der Waals surface area contributed by atoms with Crippen molar-refractivity contribution in [3.05, 3.63) is 88.7 Å². The van der Waals surface area contributed by atoms with E-state index in [2.05, 4.69) is 5.32 Å². The van der Waals surface area contributed by atoms with Gasteiger partial charge in [0.2, 0.25) is 5.91 Å². The molecule has 200 valence electrons. The van der Waals surface area contributed by atoms with Crippen LogP contribution in [-0.2, 0) is 26.2 Å². The minimum atomic E-state index is -4.26. The molecule has 8 nitrogen and oxygen atoms in total. The number of carbonyl (C=O) groups excluding carboxylic acids is 2. The van der Waals surface area contributed by atoms with Gasteiger partial charge in [-0.3, -0.25) is 9.59 Å². The van der Waals surface area contributed by atoms with Gasteiger partial charge in [0, 0.05) is 48.5 Å². The summed E-state index contributed by atoms with van der Waals surface area (Å²) in [5, 5.41) is 2.89. The van der Waals surface area contributed by atoms with Crippen molar-refractivity contribution < 1.29 is 31.3 Å². The number of nitrogens with one attached hydrogen (secondary N) is 1. The van der Waals surface area contributed by atoms with Crippen molar-refractivity contribution in [1.29, 1.82) is 0 Å². The van der Waals surface area contributed by atoms with Crippen molar-refractivity contribution in [3.8, 4) is 5.75 Å². The van der Waals surface area contributed by atoms with Gasteiger partial charge in [0.05, 0.1) is 6.10 Å². The molecule has 2 amide bonds. The molecular weight excluding hydrogens is 535 g/mol. The number of ether oxygens (including phenoxy) is 1. The highest BCUT2D eigenvalue weighted by Crippen LogP contribution is 2.29. The number of hydrogen-bond acceptors (Lipinski definition) is 6. The van der Waals surface area contributed by atoms with E-state index in [9.17, 15) is 22.4 Å². The first-order chi connectivity index (χ1) is 18.1. The summed E-state index contributed by atoms with van der Waals surface area (Å²) in [7, 11) is -4.26. The Morgan fingerprint density at radius 2 is 1.89 bits per heavy atom. The van der Waals surface area contributed by atoms with Gasteiger partial charge >= 0.3 is 10.1 Å². The van der Waals surface area contributed by atoms with Gasteiger partial charge in [-0.05, 0) is 73.5 Å². The van der Waals surface area contributed by atoms with Crippen LogP contribution < -0.4 is 9.50 Å². The average Bonchev–Trinajstić information content (AvgIpc) is 3.38. The maximum atomic E-state index is 13.9. The maximum Gasteiger partial charge on any atom is 0.339 e. The number of rotatable bonds is 9. The van der Waals surface area contributed by atoms with Gasteiger partial charge in [0.15, 0.2) is 0 Å². The molecule has 38 heavy (non-hydrogen) atoms. The van der Waals surface area contributed by atoms with E-state index >= 15 is 0 Å². The first-order valence-corrected chi connectivity index (χ1v) is 13.7. The summed E-state index contributed by atoms with van der Waals surface area (Å²) in [6.07, 6.45) is 1.41. The van der Waals surface area contributed by atoms with Crippen LogP contribution in [0.4, 0.5) is 10.1 Å². The highest BCUT2D eigenvalue weighted by Gasteiger charge is 2.26. The zero-order valence-electron chi connectivity index (χ0n) is 20.5. The number of benzene rings is 3. The summed E-state index contributed by atoms with van der Waals surface area (Å²) in [4.78, 5) is 26.0. The first kappa shape index (κ1) is 27.6. The third-order valence-corrected chi connectivity index (χ3v) is 7.34. The molecule has 1 saturated heterocycles. The molecule has 0 bridgehead atoms. The lowest BCUT2D eigenvalue weighted by molar-refractivity contribution is -0.114. The molecule has 0 aliphatic carbocycles. The summed E-state index contributed by atoms with van der Waals surface area (Å²) < 4.78 is 51.1. The monoisotopic (exact) mass is 560 g/mol. The van der Waals surface area contributed by atoms with Crippen molar-refractivity contribution in [2.75, 3.05) is 18.5 Å². The number of halogens is 2. The highest BCUT2D eigenvalue weighted by atomic mass is 35.5. The van der Waals surface area contributed by atoms with Gasteiger partial charge in [0.25, 0.3) is 5.91 Å². The summed E-state index contributed by atoms with van der Waals surface area (Å²) in [6, 6.07) is 15.3. The molecule has 1 N–H and O–H groups in total. The molecule has 1 aliphatic rings. The summed E-state index contributed by atoms with van der Waals surface area (Å²) in [6.45, 7) is 2.09. The van der Waals surface area contributed by atoms with Crippen LogP contribution in [0.25, 0.3) is 0 Å². The average molecular weight is 561 g/mol. The maximum absolute atomic E-state index is 13.9. The fraction of sp³-hybridized carbons (Fsp3) is 0.259. The van der Waals surface area contributed by atoms with E-state index in [1.165, 1.54) is 72.5 Å². The van der Waals surface area contributed by atoms with Crippen molar-refractivity contribution >= 4 is 39.2 Å². The third kappa shape index (κ3) is 7.09. The molecule has 1 heterocycles.